The Kier molecular flexibility index (Phi) is 7.84. The summed E-state index contributed by atoms with van der Waals surface area (Å²) in [5, 5.41) is 6.63. The summed E-state index contributed by atoms with van der Waals surface area (Å²) in [6.45, 7) is 0.839. The predicted molar refractivity (Wildman–Crippen MR) is 121 cm³/mol. The zero-order valence-electron chi connectivity index (χ0n) is 17.5. The van der Waals surface area contributed by atoms with Crippen molar-refractivity contribution in [3.05, 3.63) is 69.7 Å². The molecular weight excluding hydrogens is 471 g/mol. The minimum Gasteiger partial charge on any atom is -0.454 e. The highest BCUT2D eigenvalue weighted by atomic mass is 35.5. The standard InChI is InChI=1S/C23H20Cl2N2O6/c1-23(12-18(27-33-23)14-6-3-2-4-7-14)22(31)26-17(10-11-28)19(29)13-32-21(30)20-15(24)8-5-9-16(20)25/h2-9,11,17H,10,12-13H2,1H3,(H,26,31). The molecule has 0 saturated heterocycles. The highest BCUT2D eigenvalue weighted by Gasteiger charge is 2.43. The molecule has 2 aromatic rings. The van der Waals surface area contributed by atoms with Gasteiger partial charge in [0.25, 0.3) is 5.91 Å². The molecule has 0 bridgehead atoms. The number of ketones is 1. The van der Waals surface area contributed by atoms with Crippen LogP contribution in [0.4, 0.5) is 0 Å². The number of amides is 1. The van der Waals surface area contributed by atoms with E-state index in [1.54, 1.807) is 6.07 Å². The minimum atomic E-state index is -1.37. The van der Waals surface area contributed by atoms with E-state index in [-0.39, 0.29) is 28.5 Å². The molecule has 0 aromatic heterocycles. The second-order valence-electron chi connectivity index (χ2n) is 7.47. The maximum Gasteiger partial charge on any atom is 0.341 e. The molecule has 8 nitrogen and oxygen atoms in total. The first-order valence-corrected chi connectivity index (χ1v) is 10.7. The second kappa shape index (κ2) is 10.6. The van der Waals surface area contributed by atoms with Gasteiger partial charge < -0.3 is 19.7 Å². The van der Waals surface area contributed by atoms with Gasteiger partial charge in [-0.3, -0.25) is 9.59 Å². The lowest BCUT2D eigenvalue weighted by molar-refractivity contribution is -0.144. The van der Waals surface area contributed by atoms with Crippen molar-refractivity contribution in [3.63, 3.8) is 0 Å². The second-order valence-corrected chi connectivity index (χ2v) is 8.28. The van der Waals surface area contributed by atoms with Gasteiger partial charge in [0.05, 0.1) is 27.4 Å². The first-order chi connectivity index (χ1) is 15.7. The Bertz CT molecular complexity index is 1090. The highest BCUT2D eigenvalue weighted by molar-refractivity contribution is 6.39. The summed E-state index contributed by atoms with van der Waals surface area (Å²) in [5.74, 6) is -2.21. The quantitative estimate of drug-likeness (QED) is 0.426. The van der Waals surface area contributed by atoms with Gasteiger partial charge in [0.1, 0.15) is 6.29 Å². The number of aldehydes is 1. The van der Waals surface area contributed by atoms with E-state index in [4.69, 9.17) is 32.8 Å². The lowest BCUT2D eigenvalue weighted by Crippen LogP contribution is -2.52. The van der Waals surface area contributed by atoms with Gasteiger partial charge in [-0.25, -0.2) is 4.79 Å². The normalized spacial score (nSPS) is 18.0. The Hall–Kier alpha value is -3.23. The number of carbonyl (C=O) groups is 4. The third-order valence-corrected chi connectivity index (χ3v) is 5.62. The van der Waals surface area contributed by atoms with Gasteiger partial charge in [0.2, 0.25) is 5.60 Å². The largest absolute Gasteiger partial charge is 0.454 e. The molecular formula is C23H20Cl2N2O6. The van der Waals surface area contributed by atoms with Crippen molar-refractivity contribution >= 4 is 52.9 Å². The lowest BCUT2D eigenvalue weighted by Gasteiger charge is -2.23. The zero-order valence-corrected chi connectivity index (χ0v) is 19.1. The van der Waals surface area contributed by atoms with E-state index in [1.807, 2.05) is 30.3 Å². The van der Waals surface area contributed by atoms with Crippen LogP contribution in [0.25, 0.3) is 0 Å². The van der Waals surface area contributed by atoms with E-state index < -0.39 is 35.9 Å². The molecule has 10 heteroatoms. The van der Waals surface area contributed by atoms with Crippen LogP contribution < -0.4 is 5.32 Å². The Labute approximate surface area is 199 Å². The molecule has 1 heterocycles. The SMILES string of the molecule is CC1(C(=O)NC(CC=O)C(=O)COC(=O)c2c(Cl)cccc2Cl)CC(c2ccccc2)=NO1. The number of hydrogen-bond acceptors (Lipinski definition) is 7. The van der Waals surface area contributed by atoms with Gasteiger partial charge in [0.15, 0.2) is 12.4 Å². The number of carbonyl (C=O) groups excluding carboxylic acids is 4. The van der Waals surface area contributed by atoms with Gasteiger partial charge in [-0.2, -0.15) is 0 Å². The van der Waals surface area contributed by atoms with E-state index in [9.17, 15) is 19.2 Å². The molecule has 2 atom stereocenters. The van der Waals surface area contributed by atoms with Crippen molar-refractivity contribution in [1.82, 2.24) is 5.32 Å². The molecule has 0 saturated carbocycles. The lowest BCUT2D eigenvalue weighted by atomic mass is 9.94. The third kappa shape index (κ3) is 5.77. The van der Waals surface area contributed by atoms with Gasteiger partial charge in [-0.1, -0.05) is 64.8 Å². The van der Waals surface area contributed by atoms with Crippen LogP contribution in [0, 0.1) is 0 Å². The number of benzene rings is 2. The minimum absolute atomic E-state index is 0.0678. The number of hydrogen-bond donors (Lipinski definition) is 1. The molecule has 172 valence electrons. The molecule has 1 amide bonds. The average molecular weight is 491 g/mol. The fraction of sp³-hybridized carbons (Fsp3) is 0.261. The summed E-state index contributed by atoms with van der Waals surface area (Å²) < 4.78 is 5.01. The maximum absolute atomic E-state index is 12.9. The maximum atomic E-state index is 12.9. The van der Waals surface area contributed by atoms with E-state index in [0.717, 1.165) is 5.56 Å². The molecule has 2 aromatic carbocycles. The summed E-state index contributed by atoms with van der Waals surface area (Å²) in [5.41, 5.74) is -0.0623. The van der Waals surface area contributed by atoms with Crippen LogP contribution in [0.5, 0.6) is 0 Å². The van der Waals surface area contributed by atoms with Crippen LogP contribution in [0.2, 0.25) is 10.0 Å². The molecule has 0 fully saturated rings. The van der Waals surface area contributed by atoms with Gasteiger partial charge in [-0.05, 0) is 24.6 Å². The summed E-state index contributed by atoms with van der Waals surface area (Å²) in [7, 11) is 0. The van der Waals surface area contributed by atoms with Crippen molar-refractivity contribution in [1.29, 1.82) is 0 Å². The Balaban J connectivity index is 1.62. The molecule has 1 aliphatic heterocycles. The summed E-state index contributed by atoms with van der Waals surface area (Å²) in [6, 6.07) is 12.5. The molecule has 33 heavy (non-hydrogen) atoms. The summed E-state index contributed by atoms with van der Waals surface area (Å²) in [4.78, 5) is 54.2. The first kappa shape index (κ1) is 24.4. The average Bonchev–Trinajstić information content (AvgIpc) is 3.21. The van der Waals surface area contributed by atoms with Crippen molar-refractivity contribution in [2.24, 2.45) is 5.16 Å². The van der Waals surface area contributed by atoms with Crippen LogP contribution in [0.15, 0.2) is 53.7 Å². The van der Waals surface area contributed by atoms with Gasteiger partial charge in [0, 0.05) is 12.8 Å². The molecule has 0 spiro atoms. The summed E-state index contributed by atoms with van der Waals surface area (Å²) >= 11 is 11.9. The zero-order chi connectivity index (χ0) is 24.0. The van der Waals surface area contributed by atoms with Crippen molar-refractivity contribution in [2.45, 2.75) is 31.4 Å². The van der Waals surface area contributed by atoms with Crippen LogP contribution in [-0.2, 0) is 24.0 Å². The predicted octanol–water partition coefficient (Wildman–Crippen LogP) is 3.38. The molecule has 0 radical (unpaired) electrons. The fourth-order valence-electron chi connectivity index (χ4n) is 3.13. The number of oxime groups is 1. The topological polar surface area (TPSA) is 111 Å². The van der Waals surface area contributed by atoms with Crippen molar-refractivity contribution in [2.75, 3.05) is 6.61 Å². The van der Waals surface area contributed by atoms with Crippen LogP contribution >= 0.6 is 23.2 Å². The van der Waals surface area contributed by atoms with E-state index in [1.165, 1.54) is 19.1 Å². The molecule has 2 unspecified atom stereocenters. The fourth-order valence-corrected chi connectivity index (χ4v) is 3.68. The Morgan fingerprint density at radius 2 is 1.82 bits per heavy atom. The van der Waals surface area contributed by atoms with Gasteiger partial charge >= 0.3 is 5.97 Å². The molecule has 3 rings (SSSR count). The number of halogens is 2. The smallest absolute Gasteiger partial charge is 0.341 e. The summed E-state index contributed by atoms with van der Waals surface area (Å²) in [6.07, 6.45) is 0.349. The number of Topliss-reactive ketones (excluding diaryl/α,β-unsaturated/α-hetero) is 1. The number of nitrogens with zero attached hydrogens (tertiary/aromatic N) is 1. The van der Waals surface area contributed by atoms with E-state index in [2.05, 4.69) is 10.5 Å². The van der Waals surface area contributed by atoms with E-state index in [0.29, 0.717) is 12.0 Å². The van der Waals surface area contributed by atoms with Crippen LogP contribution in [0.1, 0.15) is 35.7 Å². The van der Waals surface area contributed by atoms with Gasteiger partial charge in [-0.15, -0.1) is 0 Å². The van der Waals surface area contributed by atoms with Crippen LogP contribution in [0.3, 0.4) is 0 Å². The molecule has 1 N–H and O–H groups in total. The van der Waals surface area contributed by atoms with E-state index >= 15 is 0 Å². The van der Waals surface area contributed by atoms with Crippen molar-refractivity contribution < 1.29 is 28.8 Å². The molecule has 1 aliphatic rings. The molecule has 0 aliphatic carbocycles. The number of ether oxygens (including phenoxy) is 1. The third-order valence-electron chi connectivity index (χ3n) is 4.99. The monoisotopic (exact) mass is 490 g/mol. The van der Waals surface area contributed by atoms with Crippen molar-refractivity contribution in [3.8, 4) is 0 Å². The Morgan fingerprint density at radius 3 is 2.45 bits per heavy atom. The first-order valence-electron chi connectivity index (χ1n) is 9.94. The van der Waals surface area contributed by atoms with Crippen LogP contribution in [-0.4, -0.2) is 47.9 Å². The number of nitrogens with one attached hydrogen (secondary N) is 1. The highest BCUT2D eigenvalue weighted by Crippen LogP contribution is 2.27. The number of rotatable bonds is 9. The Morgan fingerprint density at radius 1 is 1.15 bits per heavy atom. The number of esters is 1.